The van der Waals surface area contributed by atoms with Gasteiger partial charge in [0.2, 0.25) is 11.8 Å². The average molecular weight is 639 g/mol. The van der Waals surface area contributed by atoms with Crippen LogP contribution in [0, 0.1) is 13.8 Å². The number of carbonyl (C=O) groups excluding carboxylic acids is 2. The van der Waals surface area contributed by atoms with Crippen LogP contribution in [0.5, 0.6) is 0 Å². The van der Waals surface area contributed by atoms with Crippen molar-refractivity contribution in [3.05, 3.63) is 92.4 Å². The highest BCUT2D eigenvalue weighted by molar-refractivity contribution is 7.92. The number of rotatable bonds is 12. The molecule has 3 aromatic rings. The van der Waals surface area contributed by atoms with Gasteiger partial charge in [0.15, 0.2) is 0 Å². The molecule has 0 aliphatic carbocycles. The maximum absolute atomic E-state index is 14.1. The lowest BCUT2D eigenvalue weighted by Crippen LogP contribution is -2.52. The van der Waals surface area contributed by atoms with Crippen molar-refractivity contribution >= 4 is 62.3 Å². The molecule has 3 rings (SSSR count). The Bertz CT molecular complexity index is 1480. The summed E-state index contributed by atoms with van der Waals surface area (Å²) in [5.41, 5.74) is 2.31. The minimum Gasteiger partial charge on any atom is -0.354 e. The molecule has 0 spiro atoms. The molecule has 0 saturated heterocycles. The summed E-state index contributed by atoms with van der Waals surface area (Å²) in [7, 11) is -4.21. The van der Waals surface area contributed by atoms with Crippen LogP contribution in [0.25, 0.3) is 0 Å². The lowest BCUT2D eigenvalue weighted by Gasteiger charge is -2.33. The van der Waals surface area contributed by atoms with Gasteiger partial charge in [-0.2, -0.15) is 0 Å². The maximum Gasteiger partial charge on any atom is 0.264 e. The number of aryl methyl sites for hydroxylation is 2. The second-order valence-corrected chi connectivity index (χ2v) is 12.8. The van der Waals surface area contributed by atoms with Gasteiger partial charge in [0.1, 0.15) is 12.6 Å². The Morgan fingerprint density at radius 3 is 2.10 bits per heavy atom. The predicted molar refractivity (Wildman–Crippen MR) is 166 cm³/mol. The minimum atomic E-state index is -4.21. The Labute approximate surface area is 257 Å². The first-order valence-electron chi connectivity index (χ1n) is 13.3. The van der Waals surface area contributed by atoms with Crippen LogP contribution in [0.2, 0.25) is 15.1 Å². The lowest BCUT2D eigenvalue weighted by atomic mass is 10.1. The molecule has 0 fully saturated rings. The van der Waals surface area contributed by atoms with Crippen molar-refractivity contribution < 1.29 is 18.0 Å². The summed E-state index contributed by atoms with van der Waals surface area (Å²) in [5, 5.41) is 3.85. The highest BCUT2D eigenvalue weighted by atomic mass is 35.5. The Morgan fingerprint density at radius 2 is 1.54 bits per heavy atom. The van der Waals surface area contributed by atoms with E-state index in [1.54, 1.807) is 56.3 Å². The van der Waals surface area contributed by atoms with E-state index >= 15 is 0 Å². The Kier molecular flexibility index (Phi) is 11.5. The molecular formula is C30H34Cl3N3O4S. The van der Waals surface area contributed by atoms with Crippen molar-refractivity contribution in [3.8, 4) is 0 Å². The van der Waals surface area contributed by atoms with Crippen LogP contribution >= 0.6 is 34.8 Å². The summed E-state index contributed by atoms with van der Waals surface area (Å²) in [5.74, 6) is -0.955. The van der Waals surface area contributed by atoms with E-state index in [2.05, 4.69) is 5.32 Å². The summed E-state index contributed by atoms with van der Waals surface area (Å²) in [4.78, 5) is 28.7. The molecule has 3 aromatic carbocycles. The van der Waals surface area contributed by atoms with Crippen molar-refractivity contribution in [1.82, 2.24) is 10.2 Å². The number of benzene rings is 3. The molecule has 11 heteroatoms. The first kappa shape index (κ1) is 32.7. The van der Waals surface area contributed by atoms with Gasteiger partial charge in [0, 0.05) is 33.7 Å². The standard InChI is InChI=1S/C30H34Cl3N3O4S/c1-5-16-34-30(38)28(6-2)35(18-24-25(31)8-7-9-26(24)32)29(37)19-36(22-13-12-21(4)27(33)17-22)41(39,40)23-14-10-20(3)11-15-23/h7-15,17,28H,5-6,16,18-19H2,1-4H3,(H,34,38)/t28-/m0/s1. The summed E-state index contributed by atoms with van der Waals surface area (Å²) < 4.78 is 29.0. The molecule has 0 aromatic heterocycles. The molecule has 220 valence electrons. The topological polar surface area (TPSA) is 86.8 Å². The van der Waals surface area contributed by atoms with Crippen molar-refractivity contribution in [2.75, 3.05) is 17.4 Å². The second kappa shape index (κ2) is 14.4. The van der Waals surface area contributed by atoms with Crippen molar-refractivity contribution in [2.24, 2.45) is 0 Å². The van der Waals surface area contributed by atoms with Crippen molar-refractivity contribution in [1.29, 1.82) is 0 Å². The number of hydrogen-bond donors (Lipinski definition) is 1. The van der Waals surface area contributed by atoms with Gasteiger partial charge in [-0.3, -0.25) is 13.9 Å². The third-order valence-corrected chi connectivity index (χ3v) is 9.56. The van der Waals surface area contributed by atoms with Gasteiger partial charge in [-0.05, 0) is 68.7 Å². The zero-order valence-corrected chi connectivity index (χ0v) is 26.5. The molecule has 0 aliphatic heterocycles. The molecular weight excluding hydrogens is 605 g/mol. The molecule has 1 N–H and O–H groups in total. The fourth-order valence-electron chi connectivity index (χ4n) is 4.24. The fraction of sp³-hybridized carbons (Fsp3) is 0.333. The third-order valence-electron chi connectivity index (χ3n) is 6.66. The van der Waals surface area contributed by atoms with Gasteiger partial charge >= 0.3 is 0 Å². The number of nitrogens with zero attached hydrogens (tertiary/aromatic N) is 2. The van der Waals surface area contributed by atoms with Crippen LogP contribution in [-0.2, 0) is 26.2 Å². The Hall–Kier alpha value is -2.78. The molecule has 0 radical (unpaired) electrons. The van der Waals surface area contributed by atoms with Crippen LogP contribution in [0.3, 0.4) is 0 Å². The SMILES string of the molecule is CCCNC(=O)[C@H](CC)N(Cc1c(Cl)cccc1Cl)C(=O)CN(c1ccc(C)c(Cl)c1)S(=O)(=O)c1ccc(C)cc1. The van der Waals surface area contributed by atoms with Gasteiger partial charge < -0.3 is 10.2 Å². The zero-order valence-electron chi connectivity index (χ0n) is 23.5. The lowest BCUT2D eigenvalue weighted by molar-refractivity contribution is -0.140. The van der Waals surface area contributed by atoms with Crippen molar-refractivity contribution in [2.45, 2.75) is 58.0 Å². The van der Waals surface area contributed by atoms with Crippen LogP contribution in [-0.4, -0.2) is 44.3 Å². The quantitative estimate of drug-likeness (QED) is 0.237. The summed E-state index contributed by atoms with van der Waals surface area (Å²) in [6.07, 6.45) is 0.994. The highest BCUT2D eigenvalue weighted by Crippen LogP contribution is 2.30. The van der Waals surface area contributed by atoms with Crippen LogP contribution in [0.1, 0.15) is 43.4 Å². The number of hydrogen-bond acceptors (Lipinski definition) is 4. The average Bonchev–Trinajstić information content (AvgIpc) is 2.93. The third kappa shape index (κ3) is 7.95. The van der Waals surface area contributed by atoms with Gasteiger partial charge in [-0.1, -0.05) is 78.5 Å². The van der Waals surface area contributed by atoms with E-state index in [1.807, 2.05) is 13.8 Å². The largest absolute Gasteiger partial charge is 0.354 e. The Morgan fingerprint density at radius 1 is 0.902 bits per heavy atom. The predicted octanol–water partition coefficient (Wildman–Crippen LogP) is 6.79. The molecule has 2 amide bonds. The fourth-order valence-corrected chi connectivity index (χ4v) is 6.34. The van der Waals surface area contributed by atoms with E-state index < -0.39 is 28.5 Å². The van der Waals surface area contributed by atoms with Gasteiger partial charge in [0.05, 0.1) is 10.6 Å². The minimum absolute atomic E-state index is 0.0148. The highest BCUT2D eigenvalue weighted by Gasteiger charge is 2.34. The number of nitrogens with one attached hydrogen (secondary N) is 1. The molecule has 0 unspecified atom stereocenters. The van der Waals surface area contributed by atoms with E-state index in [4.69, 9.17) is 34.8 Å². The number of amides is 2. The zero-order chi connectivity index (χ0) is 30.3. The van der Waals surface area contributed by atoms with E-state index in [0.717, 1.165) is 15.4 Å². The molecule has 0 bridgehead atoms. The second-order valence-electron chi connectivity index (χ2n) is 9.70. The monoisotopic (exact) mass is 637 g/mol. The number of carbonyl (C=O) groups is 2. The Balaban J connectivity index is 2.11. The van der Waals surface area contributed by atoms with E-state index in [1.165, 1.54) is 23.1 Å². The molecule has 7 nitrogen and oxygen atoms in total. The first-order valence-corrected chi connectivity index (χ1v) is 15.8. The molecule has 41 heavy (non-hydrogen) atoms. The summed E-state index contributed by atoms with van der Waals surface area (Å²) in [6.45, 7) is 7.10. The summed E-state index contributed by atoms with van der Waals surface area (Å²) >= 11 is 19.3. The van der Waals surface area contributed by atoms with Gasteiger partial charge in [-0.15, -0.1) is 0 Å². The molecule has 0 aliphatic rings. The van der Waals surface area contributed by atoms with E-state index in [9.17, 15) is 18.0 Å². The van der Waals surface area contributed by atoms with Crippen molar-refractivity contribution in [3.63, 3.8) is 0 Å². The van der Waals surface area contributed by atoms with Gasteiger partial charge in [-0.25, -0.2) is 8.42 Å². The number of anilines is 1. The van der Waals surface area contributed by atoms with Crippen LogP contribution in [0.4, 0.5) is 5.69 Å². The summed E-state index contributed by atoms with van der Waals surface area (Å²) in [6, 6.07) is 15.2. The smallest absolute Gasteiger partial charge is 0.264 e. The molecule has 0 saturated carbocycles. The first-order chi connectivity index (χ1) is 19.4. The van der Waals surface area contributed by atoms with Gasteiger partial charge in [0.25, 0.3) is 10.0 Å². The normalized spacial score (nSPS) is 12.1. The van der Waals surface area contributed by atoms with Crippen LogP contribution < -0.4 is 9.62 Å². The van der Waals surface area contributed by atoms with E-state index in [0.29, 0.717) is 33.6 Å². The van der Waals surface area contributed by atoms with Crippen LogP contribution in [0.15, 0.2) is 65.6 Å². The van der Waals surface area contributed by atoms with E-state index in [-0.39, 0.29) is 29.5 Å². The molecule has 0 heterocycles. The number of sulfonamides is 1. The maximum atomic E-state index is 14.1. The molecule has 1 atom stereocenters. The number of halogens is 3.